The van der Waals surface area contributed by atoms with Crippen LogP contribution in [0.3, 0.4) is 0 Å². The molecule has 4 rings (SSSR count). The Morgan fingerprint density at radius 1 is 1.30 bits per heavy atom. The number of benzene rings is 1. The van der Waals surface area contributed by atoms with Crippen LogP contribution in [0, 0.1) is 5.92 Å². The van der Waals surface area contributed by atoms with Crippen LogP contribution in [0.15, 0.2) is 47.1 Å². The molecule has 2 aliphatic rings. The molecule has 23 heavy (non-hydrogen) atoms. The quantitative estimate of drug-likeness (QED) is 0.863. The Bertz CT molecular complexity index is 694. The highest BCUT2D eigenvalue weighted by Crippen LogP contribution is 2.50. The van der Waals surface area contributed by atoms with Crippen LogP contribution in [-0.4, -0.2) is 24.5 Å². The Morgan fingerprint density at radius 3 is 3.00 bits per heavy atom. The van der Waals surface area contributed by atoms with Gasteiger partial charge in [0.05, 0.1) is 19.4 Å². The van der Waals surface area contributed by atoms with E-state index in [2.05, 4.69) is 11.0 Å². The van der Waals surface area contributed by atoms with E-state index in [1.807, 2.05) is 30.3 Å². The summed E-state index contributed by atoms with van der Waals surface area (Å²) < 4.78 is 10.8. The first kappa shape index (κ1) is 14.4. The number of methoxy groups -OCH3 is 1. The molecule has 1 saturated heterocycles. The Hall–Kier alpha value is -2.23. The van der Waals surface area contributed by atoms with Gasteiger partial charge in [0.2, 0.25) is 5.91 Å². The van der Waals surface area contributed by atoms with E-state index >= 15 is 0 Å². The van der Waals surface area contributed by atoms with Gasteiger partial charge in [0.15, 0.2) is 0 Å². The molecule has 1 aromatic carbocycles. The van der Waals surface area contributed by atoms with Gasteiger partial charge in [-0.15, -0.1) is 0 Å². The number of carbonyl (C=O) groups excluding carboxylic acids is 1. The maximum absolute atomic E-state index is 12.9. The number of furan rings is 1. The van der Waals surface area contributed by atoms with E-state index in [1.165, 1.54) is 5.56 Å². The first-order chi connectivity index (χ1) is 11.3. The fraction of sp³-hybridized carbons (Fsp3) is 0.421. The zero-order valence-electron chi connectivity index (χ0n) is 13.3. The smallest absolute Gasteiger partial charge is 0.226 e. The van der Waals surface area contributed by atoms with Crippen molar-refractivity contribution in [1.82, 2.24) is 4.90 Å². The van der Waals surface area contributed by atoms with Gasteiger partial charge in [-0.2, -0.15) is 0 Å². The predicted molar refractivity (Wildman–Crippen MR) is 86.2 cm³/mol. The minimum absolute atomic E-state index is 0.0901. The van der Waals surface area contributed by atoms with Crippen molar-refractivity contribution < 1.29 is 13.9 Å². The average Bonchev–Trinajstić information content (AvgIpc) is 3.02. The van der Waals surface area contributed by atoms with Crippen LogP contribution in [0.2, 0.25) is 0 Å². The Labute approximate surface area is 136 Å². The van der Waals surface area contributed by atoms with E-state index in [9.17, 15) is 4.79 Å². The van der Waals surface area contributed by atoms with Gasteiger partial charge in [0, 0.05) is 18.4 Å². The van der Waals surface area contributed by atoms with Crippen LogP contribution < -0.4 is 4.74 Å². The fourth-order valence-corrected chi connectivity index (χ4v) is 3.72. The summed E-state index contributed by atoms with van der Waals surface area (Å²) in [4.78, 5) is 15.0. The van der Waals surface area contributed by atoms with E-state index in [-0.39, 0.29) is 23.8 Å². The number of likely N-dealkylation sites (tertiary alicyclic amines) is 1. The minimum Gasteiger partial charge on any atom is -0.497 e. The highest BCUT2D eigenvalue weighted by molar-refractivity contribution is 5.83. The molecule has 120 valence electrons. The molecule has 1 aromatic heterocycles. The van der Waals surface area contributed by atoms with Crippen LogP contribution in [0.5, 0.6) is 5.75 Å². The Balaban J connectivity index is 1.50. The van der Waals surface area contributed by atoms with E-state index < -0.39 is 0 Å². The van der Waals surface area contributed by atoms with Gasteiger partial charge in [0.1, 0.15) is 11.5 Å². The Kier molecular flexibility index (Phi) is 3.60. The standard InChI is InChI=1S/C19H21NO3/c1-22-14-6-2-5-13(11-14)17-7-3-9-20(17)19(21)16-12-15(16)18-8-4-10-23-18/h2,4-6,8,10-11,15-17H,3,7,9,12H2,1H3/t15-,16-,17-/m0/s1. The van der Waals surface area contributed by atoms with Crippen molar-refractivity contribution in [1.29, 1.82) is 0 Å². The lowest BCUT2D eigenvalue weighted by Crippen LogP contribution is -2.32. The molecule has 2 fully saturated rings. The molecule has 0 radical (unpaired) electrons. The van der Waals surface area contributed by atoms with Crippen molar-refractivity contribution in [3.63, 3.8) is 0 Å². The lowest BCUT2D eigenvalue weighted by molar-refractivity contribution is -0.133. The molecule has 0 bridgehead atoms. The zero-order valence-corrected chi connectivity index (χ0v) is 13.3. The average molecular weight is 311 g/mol. The Morgan fingerprint density at radius 2 is 2.22 bits per heavy atom. The number of ether oxygens (including phenoxy) is 1. The summed E-state index contributed by atoms with van der Waals surface area (Å²) in [5.41, 5.74) is 1.17. The van der Waals surface area contributed by atoms with Gasteiger partial charge in [-0.3, -0.25) is 4.79 Å². The SMILES string of the molecule is COc1cccc([C@@H]2CCCN2C(=O)[C@H]2C[C@@H]2c2ccco2)c1. The number of nitrogens with zero attached hydrogens (tertiary/aromatic N) is 1. The molecule has 0 N–H and O–H groups in total. The molecule has 2 aromatic rings. The third kappa shape index (κ3) is 2.62. The fourth-order valence-electron chi connectivity index (χ4n) is 3.72. The summed E-state index contributed by atoms with van der Waals surface area (Å²) in [6.07, 6.45) is 4.68. The summed E-state index contributed by atoms with van der Waals surface area (Å²) in [6.45, 7) is 0.849. The van der Waals surface area contributed by atoms with Gasteiger partial charge >= 0.3 is 0 Å². The number of hydrogen-bond acceptors (Lipinski definition) is 3. The summed E-state index contributed by atoms with van der Waals surface area (Å²) in [6, 6.07) is 12.1. The molecule has 1 amide bonds. The lowest BCUT2D eigenvalue weighted by atomic mass is 10.0. The van der Waals surface area contributed by atoms with Gasteiger partial charge in [0.25, 0.3) is 0 Å². The molecule has 3 atom stereocenters. The maximum Gasteiger partial charge on any atom is 0.226 e. The van der Waals surface area contributed by atoms with Crippen molar-refractivity contribution in [3.8, 4) is 5.75 Å². The second-order valence-corrected chi connectivity index (χ2v) is 6.43. The highest BCUT2D eigenvalue weighted by atomic mass is 16.5. The van der Waals surface area contributed by atoms with E-state index in [0.29, 0.717) is 0 Å². The summed E-state index contributed by atoms with van der Waals surface area (Å²) in [5.74, 6) is 2.43. The number of rotatable bonds is 4. The van der Waals surface area contributed by atoms with Gasteiger partial charge in [-0.1, -0.05) is 12.1 Å². The molecule has 2 heterocycles. The maximum atomic E-state index is 12.9. The molecular weight excluding hydrogens is 290 g/mol. The lowest BCUT2D eigenvalue weighted by Gasteiger charge is -2.25. The molecule has 1 aliphatic heterocycles. The summed E-state index contributed by atoms with van der Waals surface area (Å²) >= 11 is 0. The largest absolute Gasteiger partial charge is 0.497 e. The number of carbonyl (C=O) groups is 1. The van der Waals surface area contributed by atoms with Crippen LogP contribution in [0.4, 0.5) is 0 Å². The predicted octanol–water partition coefficient (Wildman–Crippen LogP) is 3.76. The molecule has 0 unspecified atom stereocenters. The first-order valence-electron chi connectivity index (χ1n) is 8.26. The van der Waals surface area contributed by atoms with E-state index in [0.717, 1.165) is 37.3 Å². The second-order valence-electron chi connectivity index (χ2n) is 6.43. The van der Waals surface area contributed by atoms with E-state index in [4.69, 9.17) is 9.15 Å². The van der Waals surface area contributed by atoms with Crippen molar-refractivity contribution in [3.05, 3.63) is 54.0 Å². The number of amides is 1. The van der Waals surface area contributed by atoms with Crippen molar-refractivity contribution in [2.45, 2.75) is 31.2 Å². The van der Waals surface area contributed by atoms with Crippen LogP contribution in [0.1, 0.15) is 42.5 Å². The molecule has 4 heteroatoms. The third-order valence-corrected chi connectivity index (χ3v) is 5.03. The number of hydrogen-bond donors (Lipinski definition) is 0. The summed E-state index contributed by atoms with van der Waals surface area (Å²) in [7, 11) is 1.68. The van der Waals surface area contributed by atoms with Gasteiger partial charge in [-0.25, -0.2) is 0 Å². The second kappa shape index (κ2) is 5.76. The normalized spacial score (nSPS) is 26.3. The molecule has 0 spiro atoms. The van der Waals surface area contributed by atoms with E-state index in [1.54, 1.807) is 13.4 Å². The monoisotopic (exact) mass is 311 g/mol. The van der Waals surface area contributed by atoms with Crippen LogP contribution >= 0.6 is 0 Å². The van der Waals surface area contributed by atoms with Crippen LogP contribution in [0.25, 0.3) is 0 Å². The zero-order chi connectivity index (χ0) is 15.8. The first-order valence-corrected chi connectivity index (χ1v) is 8.26. The van der Waals surface area contributed by atoms with Gasteiger partial charge in [-0.05, 0) is 49.1 Å². The van der Waals surface area contributed by atoms with Crippen molar-refractivity contribution in [2.24, 2.45) is 5.92 Å². The molecule has 1 aliphatic carbocycles. The third-order valence-electron chi connectivity index (χ3n) is 5.03. The topological polar surface area (TPSA) is 42.7 Å². The van der Waals surface area contributed by atoms with Crippen molar-refractivity contribution in [2.75, 3.05) is 13.7 Å². The minimum atomic E-state index is 0.0901. The van der Waals surface area contributed by atoms with Crippen molar-refractivity contribution >= 4 is 5.91 Å². The van der Waals surface area contributed by atoms with Crippen LogP contribution in [-0.2, 0) is 4.79 Å². The highest BCUT2D eigenvalue weighted by Gasteiger charge is 2.49. The molecular formula is C19H21NO3. The molecule has 1 saturated carbocycles. The summed E-state index contributed by atoms with van der Waals surface area (Å²) in [5, 5.41) is 0. The van der Waals surface area contributed by atoms with Gasteiger partial charge < -0.3 is 14.1 Å². The molecule has 4 nitrogen and oxygen atoms in total.